The first-order valence-electron chi connectivity index (χ1n) is 9.44. The van der Waals surface area contributed by atoms with Crippen LogP contribution in [0.15, 0.2) is 24.3 Å². The van der Waals surface area contributed by atoms with Gasteiger partial charge in [0.2, 0.25) is 10.0 Å². The Morgan fingerprint density at radius 2 is 1.84 bits per heavy atom. The first-order chi connectivity index (χ1) is 14.4. The van der Waals surface area contributed by atoms with E-state index < -0.39 is 46.0 Å². The Bertz CT molecular complexity index is 947. The smallest absolute Gasteiger partial charge is 0.422 e. The van der Waals surface area contributed by atoms with E-state index >= 15 is 0 Å². The number of carbonyl (C=O) groups is 2. The van der Waals surface area contributed by atoms with Crippen LogP contribution in [-0.4, -0.2) is 67.9 Å². The van der Waals surface area contributed by atoms with Gasteiger partial charge in [-0.15, -0.1) is 0 Å². The molecular formula is C18H22F3N3O6S. The number of urea groups is 1. The number of ether oxygens (including phenoxy) is 2. The van der Waals surface area contributed by atoms with E-state index in [0.29, 0.717) is 18.6 Å². The third kappa shape index (κ3) is 6.00. The van der Waals surface area contributed by atoms with E-state index in [-0.39, 0.29) is 24.9 Å². The minimum Gasteiger partial charge on any atom is -0.490 e. The molecule has 2 fully saturated rings. The lowest BCUT2D eigenvalue weighted by atomic mass is 10.1. The summed E-state index contributed by atoms with van der Waals surface area (Å²) in [4.78, 5) is 23.2. The van der Waals surface area contributed by atoms with Crippen LogP contribution in [0.5, 0.6) is 11.5 Å². The van der Waals surface area contributed by atoms with Crippen LogP contribution in [0.3, 0.4) is 0 Å². The van der Waals surface area contributed by atoms with Gasteiger partial charge < -0.3 is 14.8 Å². The molecule has 0 saturated carbocycles. The van der Waals surface area contributed by atoms with Gasteiger partial charge in [0.25, 0.3) is 5.91 Å². The van der Waals surface area contributed by atoms with Gasteiger partial charge in [-0.2, -0.15) is 13.2 Å². The van der Waals surface area contributed by atoms with Gasteiger partial charge in [-0.25, -0.2) is 17.5 Å². The quantitative estimate of drug-likeness (QED) is 0.589. The molecule has 1 aromatic carbocycles. The number of hydrogen-bond acceptors (Lipinski definition) is 6. The lowest BCUT2D eigenvalue weighted by Crippen LogP contribution is -2.53. The lowest BCUT2D eigenvalue weighted by Gasteiger charge is -2.33. The number of piperidine rings is 1. The minimum atomic E-state index is -4.45. The summed E-state index contributed by atoms with van der Waals surface area (Å²) in [6.07, 6.45) is -4.09. The molecule has 0 aliphatic carbocycles. The monoisotopic (exact) mass is 465 g/mol. The second-order valence-electron chi connectivity index (χ2n) is 7.59. The molecule has 0 aromatic heterocycles. The van der Waals surface area contributed by atoms with Gasteiger partial charge in [-0.05, 0) is 31.9 Å². The maximum absolute atomic E-state index is 12.7. The SMILES string of the molecule is C[C@]1(CS(=O)(=O)N2CCC(Oc3cccc(OCC(F)(F)F)c3)CC2)NC(=O)NC1=O. The van der Waals surface area contributed by atoms with Crippen LogP contribution in [0.25, 0.3) is 0 Å². The zero-order valence-corrected chi connectivity index (χ0v) is 17.4. The highest BCUT2D eigenvalue weighted by molar-refractivity contribution is 7.89. The van der Waals surface area contributed by atoms with Crippen LogP contribution in [0.2, 0.25) is 0 Å². The molecule has 9 nitrogen and oxygen atoms in total. The Kier molecular flexibility index (Phi) is 6.37. The lowest BCUT2D eigenvalue weighted by molar-refractivity contribution is -0.153. The number of imide groups is 1. The summed E-state index contributed by atoms with van der Waals surface area (Å²) in [5, 5.41) is 4.35. The molecule has 2 aliphatic rings. The third-order valence-electron chi connectivity index (χ3n) is 4.89. The molecule has 0 spiro atoms. The Morgan fingerprint density at radius 1 is 1.19 bits per heavy atom. The molecule has 2 saturated heterocycles. The number of amides is 3. The van der Waals surface area contributed by atoms with E-state index in [1.165, 1.54) is 29.4 Å². The Hall–Kier alpha value is -2.54. The number of hydrogen-bond donors (Lipinski definition) is 2. The second kappa shape index (κ2) is 8.54. The van der Waals surface area contributed by atoms with Crippen LogP contribution in [0, 0.1) is 0 Å². The molecule has 1 aromatic rings. The zero-order valence-electron chi connectivity index (χ0n) is 16.6. The van der Waals surface area contributed by atoms with Gasteiger partial charge in [-0.3, -0.25) is 10.1 Å². The van der Waals surface area contributed by atoms with Crippen LogP contribution in [-0.2, 0) is 14.8 Å². The summed E-state index contributed by atoms with van der Waals surface area (Å²) in [6.45, 7) is 0.213. The zero-order chi connectivity index (χ0) is 22.9. The van der Waals surface area contributed by atoms with Crippen molar-refractivity contribution in [2.45, 2.75) is 37.6 Å². The van der Waals surface area contributed by atoms with Gasteiger partial charge in [0.1, 0.15) is 23.1 Å². The van der Waals surface area contributed by atoms with Crippen molar-refractivity contribution < 1.29 is 40.7 Å². The molecule has 3 rings (SSSR count). The maximum atomic E-state index is 12.7. The van der Waals surface area contributed by atoms with Gasteiger partial charge in [0.15, 0.2) is 6.61 Å². The molecule has 2 N–H and O–H groups in total. The summed E-state index contributed by atoms with van der Waals surface area (Å²) in [5.74, 6) is -0.937. The molecule has 31 heavy (non-hydrogen) atoms. The average molecular weight is 465 g/mol. The second-order valence-corrected chi connectivity index (χ2v) is 9.56. The van der Waals surface area contributed by atoms with Crippen LogP contribution in [0.4, 0.5) is 18.0 Å². The highest BCUT2D eigenvalue weighted by atomic mass is 32.2. The molecule has 0 bridgehead atoms. The predicted octanol–water partition coefficient (Wildman–Crippen LogP) is 1.40. The number of sulfonamides is 1. The van der Waals surface area contributed by atoms with Crippen molar-refractivity contribution in [1.29, 1.82) is 0 Å². The Labute approximate surface area is 176 Å². The number of alkyl halides is 3. The van der Waals surface area contributed by atoms with Crippen molar-refractivity contribution >= 4 is 22.0 Å². The van der Waals surface area contributed by atoms with Gasteiger partial charge >= 0.3 is 12.2 Å². The first-order valence-corrected chi connectivity index (χ1v) is 11.0. The minimum absolute atomic E-state index is 0.0139. The predicted molar refractivity (Wildman–Crippen MR) is 102 cm³/mol. The molecule has 0 unspecified atom stereocenters. The number of benzene rings is 1. The molecule has 2 heterocycles. The summed E-state index contributed by atoms with van der Waals surface area (Å²) in [7, 11) is -3.83. The first kappa shape index (κ1) is 23.1. The number of rotatable bonds is 7. The average Bonchev–Trinajstić information content (AvgIpc) is 2.91. The highest BCUT2D eigenvalue weighted by Crippen LogP contribution is 2.26. The fourth-order valence-electron chi connectivity index (χ4n) is 3.36. The van der Waals surface area contributed by atoms with Crippen molar-refractivity contribution in [3.05, 3.63) is 24.3 Å². The maximum Gasteiger partial charge on any atom is 0.422 e. The van der Waals surface area contributed by atoms with Crippen LogP contribution in [0.1, 0.15) is 19.8 Å². The van der Waals surface area contributed by atoms with Crippen molar-refractivity contribution in [3.8, 4) is 11.5 Å². The highest BCUT2D eigenvalue weighted by Gasteiger charge is 2.47. The van der Waals surface area contributed by atoms with Crippen LogP contribution < -0.4 is 20.1 Å². The molecule has 3 amide bonds. The molecule has 2 aliphatic heterocycles. The van der Waals surface area contributed by atoms with Crippen molar-refractivity contribution in [2.75, 3.05) is 25.4 Å². The molecule has 13 heteroatoms. The molecular weight excluding hydrogens is 443 g/mol. The fraction of sp³-hybridized carbons (Fsp3) is 0.556. The van der Waals surface area contributed by atoms with Gasteiger partial charge in [0.05, 0.1) is 5.75 Å². The van der Waals surface area contributed by atoms with Crippen molar-refractivity contribution in [2.24, 2.45) is 0 Å². The molecule has 1 atom stereocenters. The number of nitrogens with one attached hydrogen (secondary N) is 2. The van der Waals surface area contributed by atoms with E-state index in [1.54, 1.807) is 6.07 Å². The third-order valence-corrected chi connectivity index (χ3v) is 6.99. The summed E-state index contributed by atoms with van der Waals surface area (Å²) < 4.78 is 74.0. The topological polar surface area (TPSA) is 114 Å². The number of halogens is 3. The Morgan fingerprint density at radius 3 is 2.42 bits per heavy atom. The molecule has 172 valence electrons. The fourth-order valence-corrected chi connectivity index (χ4v) is 5.24. The standard InChI is InChI=1S/C18H22F3N3O6S/c1-17(15(25)22-16(26)23-17)11-31(27,28)24-7-5-12(6-8-24)30-14-4-2-3-13(9-14)29-10-18(19,20)21/h2-4,9,12H,5-8,10-11H2,1H3,(H2,22,23,25,26)/t17-/m1/s1. The summed E-state index contributed by atoms with van der Waals surface area (Å²) >= 11 is 0. The van der Waals surface area contributed by atoms with E-state index in [1.807, 2.05) is 5.32 Å². The van der Waals surface area contributed by atoms with E-state index in [9.17, 15) is 31.2 Å². The summed E-state index contributed by atoms with van der Waals surface area (Å²) in [6, 6.07) is 5.06. The van der Waals surface area contributed by atoms with Gasteiger partial charge in [0, 0.05) is 19.2 Å². The van der Waals surface area contributed by atoms with E-state index in [0.717, 1.165) is 0 Å². The van der Waals surface area contributed by atoms with Crippen molar-refractivity contribution in [3.63, 3.8) is 0 Å². The van der Waals surface area contributed by atoms with E-state index in [4.69, 9.17) is 9.47 Å². The van der Waals surface area contributed by atoms with Crippen LogP contribution >= 0.6 is 0 Å². The van der Waals surface area contributed by atoms with Gasteiger partial charge in [-0.1, -0.05) is 6.07 Å². The van der Waals surface area contributed by atoms with Crippen molar-refractivity contribution in [1.82, 2.24) is 14.9 Å². The largest absolute Gasteiger partial charge is 0.490 e. The number of carbonyl (C=O) groups excluding carboxylic acids is 2. The van der Waals surface area contributed by atoms with E-state index in [2.05, 4.69) is 5.32 Å². The number of nitrogens with zero attached hydrogens (tertiary/aromatic N) is 1. The summed E-state index contributed by atoms with van der Waals surface area (Å²) in [5.41, 5.74) is -1.54. The Balaban J connectivity index is 1.54. The normalized spacial score (nSPS) is 23.4. The molecule has 0 radical (unpaired) electrons.